The van der Waals surface area contributed by atoms with Crippen LogP contribution in [0, 0.1) is 6.92 Å². The summed E-state index contributed by atoms with van der Waals surface area (Å²) in [4.78, 5) is 33.0. The number of nitrogens with one attached hydrogen (secondary N) is 1. The van der Waals surface area contributed by atoms with E-state index in [0.29, 0.717) is 29.5 Å². The van der Waals surface area contributed by atoms with Gasteiger partial charge in [0, 0.05) is 37.6 Å². The van der Waals surface area contributed by atoms with Gasteiger partial charge in [0.1, 0.15) is 16.3 Å². The van der Waals surface area contributed by atoms with Crippen molar-refractivity contribution in [1.82, 2.24) is 24.1 Å². The van der Waals surface area contributed by atoms with Crippen molar-refractivity contribution in [3.05, 3.63) is 21.6 Å². The van der Waals surface area contributed by atoms with Gasteiger partial charge in [-0.3, -0.25) is 19.1 Å². The minimum Gasteiger partial charge on any atom is -0.379 e. The Kier molecular flexibility index (Phi) is 7.76. The molecule has 33 heavy (non-hydrogen) atoms. The van der Waals surface area contributed by atoms with Crippen molar-refractivity contribution in [2.75, 3.05) is 65.7 Å². The Hall–Kier alpha value is -1.90. The molecule has 11 nitrogen and oxygen atoms in total. The summed E-state index contributed by atoms with van der Waals surface area (Å²) < 4.78 is 39.7. The molecule has 1 amide bonds. The topological polar surface area (TPSA) is 123 Å². The van der Waals surface area contributed by atoms with E-state index in [1.807, 2.05) is 0 Å². The average molecular weight is 500 g/mol. The molecule has 4 heterocycles. The molecule has 2 saturated heterocycles. The zero-order chi connectivity index (χ0) is 23.4. The highest BCUT2D eigenvalue weighted by Crippen LogP contribution is 2.33. The number of ether oxygens (including phenoxy) is 2. The smallest absolute Gasteiger partial charge is 0.263 e. The van der Waals surface area contributed by atoms with Gasteiger partial charge in [-0.25, -0.2) is 13.4 Å². The second-order valence-electron chi connectivity index (χ2n) is 8.02. The Morgan fingerprint density at radius 3 is 2.52 bits per heavy atom. The van der Waals surface area contributed by atoms with Crippen LogP contribution in [0.25, 0.3) is 10.2 Å². The number of hydrogen-bond acceptors (Lipinski definition) is 9. The van der Waals surface area contributed by atoms with Gasteiger partial charge in [-0.2, -0.15) is 4.31 Å². The van der Waals surface area contributed by atoms with Crippen LogP contribution in [0.5, 0.6) is 0 Å². The number of fused-ring (bicyclic) bond motifs is 1. The van der Waals surface area contributed by atoms with Gasteiger partial charge in [-0.05, 0) is 19.9 Å². The SMILES string of the molecule is Cc1sc2ncn(CC(=O)NCCCN3CCOCC3)c(=O)c2c1S(=O)(=O)N1CCOCC1. The fourth-order valence-corrected chi connectivity index (χ4v) is 7.09. The molecule has 0 spiro atoms. The summed E-state index contributed by atoms with van der Waals surface area (Å²) in [6.07, 6.45) is 2.10. The monoisotopic (exact) mass is 499 g/mol. The highest BCUT2D eigenvalue weighted by Gasteiger charge is 2.32. The molecule has 2 aromatic rings. The van der Waals surface area contributed by atoms with Gasteiger partial charge in [0.25, 0.3) is 5.56 Å². The molecule has 4 rings (SSSR count). The molecule has 1 N–H and O–H groups in total. The lowest BCUT2D eigenvalue weighted by Gasteiger charge is -2.26. The Morgan fingerprint density at radius 2 is 1.82 bits per heavy atom. The minimum atomic E-state index is -3.88. The summed E-state index contributed by atoms with van der Waals surface area (Å²) in [5, 5.41) is 2.87. The quantitative estimate of drug-likeness (QED) is 0.488. The van der Waals surface area contributed by atoms with Crippen molar-refractivity contribution >= 4 is 37.5 Å². The number of carbonyl (C=O) groups excluding carboxylic acids is 1. The molecule has 2 aliphatic rings. The van der Waals surface area contributed by atoms with E-state index in [9.17, 15) is 18.0 Å². The maximum atomic E-state index is 13.3. The molecule has 2 fully saturated rings. The van der Waals surface area contributed by atoms with E-state index >= 15 is 0 Å². The zero-order valence-corrected chi connectivity index (χ0v) is 20.3. The largest absolute Gasteiger partial charge is 0.379 e. The molecule has 0 unspecified atom stereocenters. The summed E-state index contributed by atoms with van der Waals surface area (Å²) in [6.45, 7) is 7.17. The second kappa shape index (κ2) is 10.6. The predicted octanol–water partition coefficient (Wildman–Crippen LogP) is -0.374. The standard InChI is InChI=1S/C20H29N5O6S2/c1-15-18(33(28,29)25-7-11-31-12-8-25)17-19(32-15)22-14-24(20(17)27)13-16(26)21-3-2-4-23-5-9-30-10-6-23/h14H,2-13H2,1H3,(H,21,26). The average Bonchev–Trinajstić information content (AvgIpc) is 3.17. The van der Waals surface area contributed by atoms with Crippen LogP contribution in [0.15, 0.2) is 16.0 Å². The first-order valence-corrected chi connectivity index (χ1v) is 13.3. The van der Waals surface area contributed by atoms with E-state index in [4.69, 9.17) is 9.47 Å². The van der Waals surface area contributed by atoms with Crippen molar-refractivity contribution in [2.24, 2.45) is 0 Å². The van der Waals surface area contributed by atoms with Crippen molar-refractivity contribution in [1.29, 1.82) is 0 Å². The fraction of sp³-hybridized carbons (Fsp3) is 0.650. The van der Waals surface area contributed by atoms with Crippen molar-refractivity contribution < 1.29 is 22.7 Å². The number of amides is 1. The summed E-state index contributed by atoms with van der Waals surface area (Å²) in [6, 6.07) is 0. The fourth-order valence-electron chi connectivity index (χ4n) is 4.02. The van der Waals surface area contributed by atoms with Crippen LogP contribution in [-0.4, -0.2) is 98.8 Å². The Balaban J connectivity index is 1.46. The van der Waals surface area contributed by atoms with Crippen molar-refractivity contribution in [3.63, 3.8) is 0 Å². The van der Waals surface area contributed by atoms with Crippen LogP contribution >= 0.6 is 11.3 Å². The Morgan fingerprint density at radius 1 is 1.15 bits per heavy atom. The van der Waals surface area contributed by atoms with Gasteiger partial charge in [-0.15, -0.1) is 11.3 Å². The lowest BCUT2D eigenvalue weighted by Crippen LogP contribution is -2.41. The maximum Gasteiger partial charge on any atom is 0.263 e. The molecule has 0 radical (unpaired) electrons. The minimum absolute atomic E-state index is 0.0119. The summed E-state index contributed by atoms with van der Waals surface area (Å²) in [7, 11) is -3.88. The van der Waals surface area contributed by atoms with Crippen molar-refractivity contribution in [2.45, 2.75) is 24.8 Å². The molecule has 0 aromatic carbocycles. The molecule has 0 atom stereocenters. The van der Waals surface area contributed by atoms with Crippen LogP contribution in [0.2, 0.25) is 0 Å². The normalized spacial score (nSPS) is 18.6. The maximum absolute atomic E-state index is 13.3. The van der Waals surface area contributed by atoms with E-state index < -0.39 is 15.6 Å². The highest BCUT2D eigenvalue weighted by atomic mass is 32.2. The first-order valence-electron chi connectivity index (χ1n) is 11.0. The molecular weight excluding hydrogens is 470 g/mol. The van der Waals surface area contributed by atoms with E-state index in [-0.39, 0.29) is 35.8 Å². The lowest BCUT2D eigenvalue weighted by molar-refractivity contribution is -0.121. The molecule has 13 heteroatoms. The summed E-state index contributed by atoms with van der Waals surface area (Å²) in [5.41, 5.74) is -0.528. The van der Waals surface area contributed by atoms with E-state index in [1.165, 1.54) is 26.5 Å². The molecular formula is C20H29N5O6S2. The molecule has 0 saturated carbocycles. The number of morpholine rings is 2. The summed E-state index contributed by atoms with van der Waals surface area (Å²) >= 11 is 1.17. The van der Waals surface area contributed by atoms with E-state index in [1.54, 1.807) is 6.92 Å². The number of carbonyl (C=O) groups is 1. The number of hydrogen-bond donors (Lipinski definition) is 1. The molecule has 2 aromatic heterocycles. The number of rotatable bonds is 8. The van der Waals surface area contributed by atoms with Gasteiger partial charge >= 0.3 is 0 Å². The number of sulfonamides is 1. The van der Waals surface area contributed by atoms with Gasteiger partial charge < -0.3 is 14.8 Å². The van der Waals surface area contributed by atoms with Gasteiger partial charge in [0.05, 0.1) is 38.1 Å². The number of aromatic nitrogens is 2. The summed E-state index contributed by atoms with van der Waals surface area (Å²) in [5.74, 6) is -0.315. The third-order valence-corrected chi connectivity index (χ3v) is 8.97. The molecule has 182 valence electrons. The molecule has 0 aliphatic carbocycles. The van der Waals surface area contributed by atoms with Gasteiger partial charge in [0.15, 0.2) is 0 Å². The first kappa shape index (κ1) is 24.2. The van der Waals surface area contributed by atoms with Crippen molar-refractivity contribution in [3.8, 4) is 0 Å². The van der Waals surface area contributed by atoms with Crippen LogP contribution < -0.4 is 10.9 Å². The molecule has 2 aliphatic heterocycles. The zero-order valence-electron chi connectivity index (χ0n) is 18.6. The molecule has 0 bridgehead atoms. The third kappa shape index (κ3) is 5.44. The Labute approximate surface area is 196 Å². The first-order chi connectivity index (χ1) is 15.9. The van der Waals surface area contributed by atoms with Crippen LogP contribution in [0.1, 0.15) is 11.3 Å². The highest BCUT2D eigenvalue weighted by molar-refractivity contribution is 7.89. The van der Waals surface area contributed by atoms with Crippen LogP contribution in [0.4, 0.5) is 0 Å². The third-order valence-electron chi connectivity index (χ3n) is 5.76. The predicted molar refractivity (Wildman–Crippen MR) is 123 cm³/mol. The number of thiophene rings is 1. The second-order valence-corrected chi connectivity index (χ2v) is 11.1. The van der Waals surface area contributed by atoms with Gasteiger partial charge in [-0.1, -0.05) is 0 Å². The number of nitrogens with zero attached hydrogens (tertiary/aromatic N) is 4. The van der Waals surface area contributed by atoms with Crippen LogP contribution in [0.3, 0.4) is 0 Å². The number of aryl methyl sites for hydroxylation is 1. The Bertz CT molecular complexity index is 1150. The van der Waals surface area contributed by atoms with E-state index in [0.717, 1.165) is 39.3 Å². The van der Waals surface area contributed by atoms with E-state index in [2.05, 4.69) is 15.2 Å². The lowest BCUT2D eigenvalue weighted by atomic mass is 10.3. The van der Waals surface area contributed by atoms with Crippen LogP contribution in [-0.2, 0) is 30.8 Å². The van der Waals surface area contributed by atoms with Gasteiger partial charge in [0.2, 0.25) is 15.9 Å².